The van der Waals surface area contributed by atoms with Crippen LogP contribution < -0.4 is 9.73 Å². The van der Waals surface area contributed by atoms with E-state index >= 15 is 0 Å². The number of aryl methyl sites for hydroxylation is 5. The predicted molar refractivity (Wildman–Crippen MR) is 157 cm³/mol. The van der Waals surface area contributed by atoms with Gasteiger partial charge in [-0.25, -0.2) is 13.8 Å². The molecule has 39 heavy (non-hydrogen) atoms. The summed E-state index contributed by atoms with van der Waals surface area (Å²) in [6.45, 7) is 11.6. The molecule has 0 radical (unpaired) electrons. The second-order valence-electron chi connectivity index (χ2n) is 9.86. The van der Waals surface area contributed by atoms with Gasteiger partial charge in [-0.3, -0.25) is 9.10 Å². The number of para-hydroxylation sites is 1. The molecule has 0 unspecified atom stereocenters. The number of rotatable bonds is 8. The number of hydrogen-bond acceptors (Lipinski definition) is 4. The predicted octanol–water partition coefficient (Wildman–Crippen LogP) is 5.67. The van der Waals surface area contributed by atoms with Crippen molar-refractivity contribution in [1.29, 1.82) is 0 Å². The third kappa shape index (κ3) is 5.96. The van der Waals surface area contributed by atoms with E-state index < -0.39 is 22.5 Å². The number of nitrogens with one attached hydrogen (secondary N) is 1. The van der Waals surface area contributed by atoms with E-state index in [1.807, 2.05) is 52.0 Å². The Morgan fingerprint density at radius 2 is 1.44 bits per heavy atom. The number of sulfonamides is 1. The summed E-state index contributed by atoms with van der Waals surface area (Å²) in [5, 5.41) is 4.16. The van der Waals surface area contributed by atoms with Crippen LogP contribution in [0.5, 0.6) is 0 Å². The van der Waals surface area contributed by atoms with E-state index in [4.69, 9.17) is 0 Å². The lowest BCUT2D eigenvalue weighted by molar-refractivity contribution is -0.119. The van der Waals surface area contributed by atoms with Gasteiger partial charge in [0.1, 0.15) is 6.54 Å². The van der Waals surface area contributed by atoms with Gasteiger partial charge in [0.15, 0.2) is 0 Å². The lowest BCUT2D eigenvalue weighted by Gasteiger charge is -2.24. The maximum absolute atomic E-state index is 13.5. The first kappa shape index (κ1) is 27.9. The average Bonchev–Trinajstić information content (AvgIpc) is 3.16. The van der Waals surface area contributed by atoms with Crippen molar-refractivity contribution in [2.45, 2.75) is 46.4 Å². The number of benzene rings is 3. The van der Waals surface area contributed by atoms with Crippen molar-refractivity contribution in [3.63, 3.8) is 0 Å². The molecular weight excluding hydrogens is 508 g/mol. The van der Waals surface area contributed by atoms with Crippen LogP contribution in [0.25, 0.3) is 5.69 Å². The molecule has 1 amide bonds. The molecule has 0 fully saturated rings. The Labute approximate surface area is 230 Å². The standard InChI is InChI=1S/C31H34N4O3S/c1-21-10-14-28(15-11-21)34(39(37,38)29-16-12-22(2)13-17-29)20-30(36)33-32-19-27-18-25(5)35(26(27)6)31-23(3)8-7-9-24(31)4/h7-19H,20H2,1-6H3,(H,33,36)/b32-19+. The first-order valence-corrected chi connectivity index (χ1v) is 14.2. The summed E-state index contributed by atoms with van der Waals surface area (Å²) in [5.41, 5.74) is 11.2. The van der Waals surface area contributed by atoms with Gasteiger partial charge in [0.05, 0.1) is 22.5 Å². The van der Waals surface area contributed by atoms with Crippen LogP contribution in [0.1, 0.15) is 39.2 Å². The van der Waals surface area contributed by atoms with Crippen molar-refractivity contribution in [2.24, 2.45) is 5.10 Å². The second-order valence-corrected chi connectivity index (χ2v) is 11.7. The molecule has 0 bridgehead atoms. The van der Waals surface area contributed by atoms with Crippen molar-refractivity contribution < 1.29 is 13.2 Å². The molecule has 0 atom stereocenters. The molecule has 7 nitrogen and oxygen atoms in total. The van der Waals surface area contributed by atoms with E-state index in [0.717, 1.165) is 38.1 Å². The van der Waals surface area contributed by atoms with Crippen LogP contribution in [0.15, 0.2) is 82.8 Å². The molecule has 0 aliphatic rings. The lowest BCUT2D eigenvalue weighted by atomic mass is 10.1. The maximum atomic E-state index is 13.5. The highest BCUT2D eigenvalue weighted by Gasteiger charge is 2.27. The zero-order valence-electron chi connectivity index (χ0n) is 23.2. The zero-order valence-corrected chi connectivity index (χ0v) is 24.0. The van der Waals surface area contributed by atoms with Gasteiger partial charge in [-0.15, -0.1) is 0 Å². The maximum Gasteiger partial charge on any atom is 0.264 e. The van der Waals surface area contributed by atoms with Crippen LogP contribution >= 0.6 is 0 Å². The molecule has 1 aromatic heterocycles. The summed E-state index contributed by atoms with van der Waals surface area (Å²) in [6, 6.07) is 21.8. The van der Waals surface area contributed by atoms with Crippen LogP contribution in [-0.2, 0) is 14.8 Å². The lowest BCUT2D eigenvalue weighted by Crippen LogP contribution is -2.39. The molecule has 1 N–H and O–H groups in total. The number of carbonyl (C=O) groups excluding carboxylic acids is 1. The Bertz CT molecular complexity index is 1610. The molecular formula is C31H34N4O3S. The molecule has 3 aromatic carbocycles. The van der Waals surface area contributed by atoms with Crippen molar-refractivity contribution >= 4 is 27.8 Å². The average molecular weight is 543 g/mol. The topological polar surface area (TPSA) is 83.8 Å². The van der Waals surface area contributed by atoms with Crippen molar-refractivity contribution in [3.05, 3.63) is 112 Å². The fourth-order valence-corrected chi connectivity index (χ4v) is 6.04. The monoisotopic (exact) mass is 542 g/mol. The summed E-state index contributed by atoms with van der Waals surface area (Å²) >= 11 is 0. The number of anilines is 1. The van der Waals surface area contributed by atoms with Gasteiger partial charge in [-0.05, 0) is 83.0 Å². The third-order valence-electron chi connectivity index (χ3n) is 6.74. The van der Waals surface area contributed by atoms with Gasteiger partial charge >= 0.3 is 0 Å². The Hall–Kier alpha value is -4.17. The Morgan fingerprint density at radius 1 is 0.872 bits per heavy atom. The second kappa shape index (κ2) is 11.3. The highest BCUT2D eigenvalue weighted by atomic mass is 32.2. The van der Waals surface area contributed by atoms with E-state index in [0.29, 0.717) is 5.69 Å². The largest absolute Gasteiger partial charge is 0.317 e. The minimum Gasteiger partial charge on any atom is -0.317 e. The molecule has 0 saturated heterocycles. The molecule has 202 valence electrons. The van der Waals surface area contributed by atoms with Gasteiger partial charge in [-0.1, -0.05) is 53.6 Å². The minimum absolute atomic E-state index is 0.115. The van der Waals surface area contributed by atoms with E-state index in [1.165, 1.54) is 11.1 Å². The van der Waals surface area contributed by atoms with E-state index in [2.05, 4.69) is 41.1 Å². The Kier molecular flexibility index (Phi) is 8.06. The SMILES string of the molecule is Cc1ccc(N(CC(=O)N/N=C/c2cc(C)n(-c3c(C)cccc3C)c2C)S(=O)(=O)c2ccc(C)cc2)cc1. The first-order valence-electron chi connectivity index (χ1n) is 12.7. The van der Waals surface area contributed by atoms with Gasteiger partial charge in [0.25, 0.3) is 15.9 Å². The number of hydrogen-bond donors (Lipinski definition) is 1. The fraction of sp³-hybridized carbons (Fsp3) is 0.226. The number of amides is 1. The summed E-state index contributed by atoms with van der Waals surface area (Å²) in [5.74, 6) is -0.550. The van der Waals surface area contributed by atoms with E-state index in [1.54, 1.807) is 42.6 Å². The van der Waals surface area contributed by atoms with Crippen LogP contribution in [0.3, 0.4) is 0 Å². The molecule has 4 aromatic rings. The quantitative estimate of drug-likeness (QED) is 0.230. The molecule has 0 aliphatic heterocycles. The molecule has 8 heteroatoms. The highest BCUT2D eigenvalue weighted by Crippen LogP contribution is 2.26. The summed E-state index contributed by atoms with van der Waals surface area (Å²) < 4.78 is 30.4. The molecule has 0 aliphatic carbocycles. The minimum atomic E-state index is -3.99. The zero-order chi connectivity index (χ0) is 28.3. The molecule has 4 rings (SSSR count). The number of hydrazone groups is 1. The summed E-state index contributed by atoms with van der Waals surface area (Å²) in [4.78, 5) is 13.1. The van der Waals surface area contributed by atoms with Gasteiger partial charge < -0.3 is 4.57 Å². The Balaban J connectivity index is 1.57. The normalized spacial score (nSPS) is 11.6. The number of nitrogens with zero attached hydrogens (tertiary/aromatic N) is 3. The summed E-state index contributed by atoms with van der Waals surface area (Å²) in [7, 11) is -3.99. The van der Waals surface area contributed by atoms with Gasteiger partial charge in [-0.2, -0.15) is 5.10 Å². The van der Waals surface area contributed by atoms with Crippen LogP contribution in [0.2, 0.25) is 0 Å². The fourth-order valence-electron chi connectivity index (χ4n) is 4.62. The molecule has 0 spiro atoms. The van der Waals surface area contributed by atoms with Crippen LogP contribution in [0.4, 0.5) is 5.69 Å². The van der Waals surface area contributed by atoms with Crippen molar-refractivity contribution in [1.82, 2.24) is 9.99 Å². The number of aromatic nitrogens is 1. The van der Waals surface area contributed by atoms with Gasteiger partial charge in [0, 0.05) is 17.0 Å². The van der Waals surface area contributed by atoms with E-state index in [-0.39, 0.29) is 4.90 Å². The smallest absolute Gasteiger partial charge is 0.264 e. The van der Waals surface area contributed by atoms with Crippen LogP contribution in [0, 0.1) is 41.5 Å². The molecule has 0 saturated carbocycles. The summed E-state index contributed by atoms with van der Waals surface area (Å²) in [6.07, 6.45) is 1.59. The highest BCUT2D eigenvalue weighted by molar-refractivity contribution is 7.92. The van der Waals surface area contributed by atoms with Crippen molar-refractivity contribution in [2.75, 3.05) is 10.8 Å². The third-order valence-corrected chi connectivity index (χ3v) is 8.53. The number of carbonyl (C=O) groups is 1. The van der Waals surface area contributed by atoms with Gasteiger partial charge in [0.2, 0.25) is 0 Å². The first-order chi connectivity index (χ1) is 18.5. The Morgan fingerprint density at radius 3 is 2.03 bits per heavy atom. The van der Waals surface area contributed by atoms with Crippen molar-refractivity contribution in [3.8, 4) is 5.69 Å². The molecule has 1 heterocycles. The van der Waals surface area contributed by atoms with Crippen LogP contribution in [-0.4, -0.2) is 31.7 Å². The van der Waals surface area contributed by atoms with E-state index in [9.17, 15) is 13.2 Å².